The molecule has 0 aromatic carbocycles. The number of rotatable bonds is 1. The molecule has 1 aromatic heterocycles. The molecule has 0 amide bonds. The molecule has 1 aliphatic carbocycles. The van der Waals surface area contributed by atoms with Crippen LogP contribution in [-0.4, -0.2) is 12.1 Å². The molecule has 2 nitrogen and oxygen atoms in total. The molecule has 1 aliphatic heterocycles. The molecular weight excluding hydrogens is 184 g/mol. The Kier molecular flexibility index (Phi) is 1.98. The fourth-order valence-electron chi connectivity index (χ4n) is 3.42. The molecule has 2 heterocycles. The summed E-state index contributed by atoms with van der Waals surface area (Å²) < 4.78 is 2.25. The zero-order valence-electron chi connectivity index (χ0n) is 9.56. The van der Waals surface area contributed by atoms with Crippen LogP contribution in [-0.2, 0) is 7.05 Å². The van der Waals surface area contributed by atoms with Crippen LogP contribution >= 0.6 is 0 Å². The molecule has 1 saturated heterocycles. The third kappa shape index (κ3) is 1.27. The molecule has 1 aromatic rings. The van der Waals surface area contributed by atoms with E-state index in [4.69, 9.17) is 0 Å². The molecule has 2 aliphatic rings. The molecule has 0 radical (unpaired) electrons. The van der Waals surface area contributed by atoms with Gasteiger partial charge in [-0.3, -0.25) is 4.90 Å². The summed E-state index contributed by atoms with van der Waals surface area (Å²) in [5, 5.41) is 0. The zero-order chi connectivity index (χ0) is 10.4. The van der Waals surface area contributed by atoms with Crippen LogP contribution in [0.2, 0.25) is 0 Å². The number of piperidine rings is 1. The van der Waals surface area contributed by atoms with Gasteiger partial charge in [-0.05, 0) is 32.3 Å². The SMILES string of the molecule is CC1C2CCC(C2)N1c1cccc[n+]1C. The topological polar surface area (TPSA) is 7.12 Å². The molecular formula is C13H19N2+. The monoisotopic (exact) mass is 203 g/mol. The molecule has 0 spiro atoms. The Morgan fingerprint density at radius 3 is 2.87 bits per heavy atom. The van der Waals surface area contributed by atoms with Gasteiger partial charge in [-0.15, -0.1) is 0 Å². The molecule has 1 saturated carbocycles. The van der Waals surface area contributed by atoms with Crippen LogP contribution in [0.25, 0.3) is 0 Å². The molecule has 2 fully saturated rings. The summed E-state index contributed by atoms with van der Waals surface area (Å²) in [5.41, 5.74) is 0. The summed E-state index contributed by atoms with van der Waals surface area (Å²) in [6.07, 6.45) is 6.40. The largest absolute Gasteiger partial charge is 0.276 e. The van der Waals surface area contributed by atoms with Crippen molar-refractivity contribution in [1.29, 1.82) is 0 Å². The van der Waals surface area contributed by atoms with E-state index in [0.717, 1.165) is 18.0 Å². The van der Waals surface area contributed by atoms with Gasteiger partial charge in [-0.25, -0.2) is 4.57 Å². The van der Waals surface area contributed by atoms with Gasteiger partial charge >= 0.3 is 0 Å². The Morgan fingerprint density at radius 2 is 2.20 bits per heavy atom. The highest BCUT2D eigenvalue weighted by molar-refractivity contribution is 5.39. The fraction of sp³-hybridized carbons (Fsp3) is 0.615. The lowest BCUT2D eigenvalue weighted by Crippen LogP contribution is -2.46. The Hall–Kier alpha value is -1.05. The van der Waals surface area contributed by atoms with E-state index in [1.54, 1.807) is 0 Å². The second kappa shape index (κ2) is 3.22. The van der Waals surface area contributed by atoms with E-state index in [1.807, 2.05) is 0 Å². The average molecular weight is 203 g/mol. The van der Waals surface area contributed by atoms with Crippen LogP contribution in [0, 0.1) is 5.92 Å². The van der Waals surface area contributed by atoms with Crippen molar-refractivity contribution in [3.8, 4) is 0 Å². The van der Waals surface area contributed by atoms with Crippen LogP contribution in [0.4, 0.5) is 5.82 Å². The lowest BCUT2D eigenvalue weighted by atomic mass is 10.0. The van der Waals surface area contributed by atoms with Gasteiger partial charge in [0.25, 0.3) is 5.82 Å². The Bertz CT molecular complexity index is 373. The van der Waals surface area contributed by atoms with Gasteiger partial charge in [0, 0.05) is 12.0 Å². The van der Waals surface area contributed by atoms with E-state index in [-0.39, 0.29) is 0 Å². The van der Waals surface area contributed by atoms with E-state index in [2.05, 4.69) is 47.8 Å². The highest BCUT2D eigenvalue weighted by Gasteiger charge is 2.49. The number of aryl methyl sites for hydroxylation is 1. The van der Waals surface area contributed by atoms with Crippen LogP contribution in [0.1, 0.15) is 26.2 Å². The highest BCUT2D eigenvalue weighted by atomic mass is 15.3. The maximum Gasteiger partial charge on any atom is 0.276 e. The summed E-state index contributed by atoms with van der Waals surface area (Å²) in [4.78, 5) is 2.63. The standard InChI is InChI=1S/C13H19N2/c1-10-11-6-7-12(9-11)15(10)13-5-3-4-8-14(13)2/h3-5,8,10-12H,6-7,9H2,1-2H3/q+1. The average Bonchev–Trinajstić information content (AvgIpc) is 2.80. The maximum atomic E-state index is 2.63. The van der Waals surface area contributed by atoms with Crippen molar-refractivity contribution >= 4 is 5.82 Å². The van der Waals surface area contributed by atoms with Gasteiger partial charge in [0.2, 0.25) is 0 Å². The Morgan fingerprint density at radius 1 is 1.33 bits per heavy atom. The minimum atomic E-state index is 0.734. The number of hydrogen-bond donors (Lipinski definition) is 0. The van der Waals surface area contributed by atoms with Crippen molar-refractivity contribution in [3.05, 3.63) is 24.4 Å². The first-order valence-electron chi connectivity index (χ1n) is 6.00. The second-order valence-corrected chi connectivity index (χ2v) is 5.04. The van der Waals surface area contributed by atoms with Gasteiger partial charge in [0.1, 0.15) is 0 Å². The summed E-state index contributed by atoms with van der Waals surface area (Å²) in [5.74, 6) is 2.33. The van der Waals surface area contributed by atoms with E-state index < -0.39 is 0 Å². The molecule has 0 N–H and O–H groups in total. The van der Waals surface area contributed by atoms with Crippen molar-refractivity contribution in [2.24, 2.45) is 13.0 Å². The van der Waals surface area contributed by atoms with Gasteiger partial charge in [-0.2, -0.15) is 0 Å². The third-order valence-electron chi connectivity index (χ3n) is 4.25. The van der Waals surface area contributed by atoms with Crippen molar-refractivity contribution < 1.29 is 4.57 Å². The molecule has 3 atom stereocenters. The van der Waals surface area contributed by atoms with Crippen LogP contribution < -0.4 is 9.47 Å². The van der Waals surface area contributed by atoms with Crippen LogP contribution in [0.15, 0.2) is 24.4 Å². The summed E-state index contributed by atoms with van der Waals surface area (Å²) in [6, 6.07) is 8.03. The number of pyridine rings is 1. The van der Waals surface area contributed by atoms with E-state index >= 15 is 0 Å². The first-order chi connectivity index (χ1) is 7.27. The summed E-state index contributed by atoms with van der Waals surface area (Å²) in [6.45, 7) is 2.39. The molecule has 3 rings (SSSR count). The van der Waals surface area contributed by atoms with Crippen molar-refractivity contribution in [2.75, 3.05) is 4.90 Å². The number of fused-ring (bicyclic) bond motifs is 2. The van der Waals surface area contributed by atoms with Crippen LogP contribution in [0.3, 0.4) is 0 Å². The smallest absolute Gasteiger partial charge is 0.256 e. The minimum absolute atomic E-state index is 0.734. The molecule has 2 heteroatoms. The molecule has 2 bridgehead atoms. The molecule has 80 valence electrons. The third-order valence-corrected chi connectivity index (χ3v) is 4.25. The summed E-state index contributed by atoms with van der Waals surface area (Å²) in [7, 11) is 2.15. The zero-order valence-corrected chi connectivity index (χ0v) is 9.56. The van der Waals surface area contributed by atoms with Crippen molar-refractivity contribution in [1.82, 2.24) is 0 Å². The van der Waals surface area contributed by atoms with Gasteiger partial charge in [-0.1, -0.05) is 6.07 Å². The lowest BCUT2D eigenvalue weighted by Gasteiger charge is -2.28. The quantitative estimate of drug-likeness (QED) is 0.632. The van der Waals surface area contributed by atoms with Crippen LogP contribution in [0.5, 0.6) is 0 Å². The number of aromatic nitrogens is 1. The highest BCUT2D eigenvalue weighted by Crippen LogP contribution is 2.43. The second-order valence-electron chi connectivity index (χ2n) is 5.04. The van der Waals surface area contributed by atoms with Gasteiger partial charge in [0.15, 0.2) is 0 Å². The van der Waals surface area contributed by atoms with E-state index in [1.165, 1.54) is 25.1 Å². The van der Waals surface area contributed by atoms with E-state index in [0.29, 0.717) is 0 Å². The Balaban J connectivity index is 1.98. The maximum absolute atomic E-state index is 2.63. The van der Waals surface area contributed by atoms with Crippen molar-refractivity contribution in [2.45, 2.75) is 38.3 Å². The predicted octanol–water partition coefficient (Wildman–Crippen LogP) is 1.89. The minimum Gasteiger partial charge on any atom is -0.256 e. The van der Waals surface area contributed by atoms with E-state index in [9.17, 15) is 0 Å². The predicted molar refractivity (Wildman–Crippen MR) is 60.7 cm³/mol. The van der Waals surface area contributed by atoms with Gasteiger partial charge in [0.05, 0.1) is 25.3 Å². The Labute approximate surface area is 91.5 Å². The molecule has 3 unspecified atom stereocenters. The first kappa shape index (κ1) is 9.20. The number of nitrogens with zero attached hydrogens (tertiary/aromatic N) is 2. The van der Waals surface area contributed by atoms with Gasteiger partial charge < -0.3 is 0 Å². The number of hydrogen-bond acceptors (Lipinski definition) is 1. The fourth-order valence-corrected chi connectivity index (χ4v) is 3.42. The first-order valence-corrected chi connectivity index (χ1v) is 6.00. The normalized spacial score (nSPS) is 33.7. The molecule has 15 heavy (non-hydrogen) atoms. The van der Waals surface area contributed by atoms with Crippen molar-refractivity contribution in [3.63, 3.8) is 0 Å². The summed E-state index contributed by atoms with van der Waals surface area (Å²) >= 11 is 0. The lowest BCUT2D eigenvalue weighted by molar-refractivity contribution is -0.659. The number of anilines is 1.